The van der Waals surface area contributed by atoms with Crippen molar-refractivity contribution in [2.75, 3.05) is 13.2 Å². The Bertz CT molecular complexity index is 341. The molecule has 0 saturated heterocycles. The van der Waals surface area contributed by atoms with Crippen LogP contribution in [0.5, 0.6) is 0 Å². The Morgan fingerprint density at radius 1 is 0.773 bits per heavy atom. The second-order valence-corrected chi connectivity index (χ2v) is 4.62. The van der Waals surface area contributed by atoms with Crippen LogP contribution in [0.3, 0.4) is 0 Å². The Kier molecular flexibility index (Phi) is 27.8. The maximum Gasteiger partial charge on any atom is 0.265 e. The van der Waals surface area contributed by atoms with Crippen molar-refractivity contribution in [2.45, 2.75) is 0 Å². The van der Waals surface area contributed by atoms with Crippen molar-refractivity contribution in [1.29, 1.82) is 0 Å². The molecule has 18 heteroatoms. The number of hydrogen-bond acceptors (Lipinski definition) is 10. The average molecular weight is 380 g/mol. The maximum absolute atomic E-state index is 9.61. The first-order chi connectivity index (χ1) is 7.83. The molecule has 0 aromatic carbocycles. The minimum atomic E-state index is -4.89. The van der Waals surface area contributed by atoms with E-state index in [4.69, 9.17) is 9.79 Å². The molecule has 18 N–H and O–H groups in total. The molecule has 0 fully saturated rings. The Balaban J connectivity index is -0.0000000492. The Labute approximate surface area is 124 Å². The maximum atomic E-state index is 9.61. The molecule has 0 aliphatic heterocycles. The van der Waals surface area contributed by atoms with Gasteiger partial charge in [0.1, 0.15) is 0 Å². The van der Waals surface area contributed by atoms with Crippen molar-refractivity contribution >= 4 is 27.6 Å². The molecule has 0 bridgehead atoms. The summed E-state index contributed by atoms with van der Waals surface area (Å²) in [5.74, 6) is -3.42. The summed E-state index contributed by atoms with van der Waals surface area (Å²) in [7, 11) is -9.78. The molecule has 0 spiro atoms. The van der Waals surface area contributed by atoms with Crippen LogP contribution in [0.2, 0.25) is 0 Å². The van der Waals surface area contributed by atoms with Gasteiger partial charge in [-0.3, -0.25) is 9.13 Å². The molecule has 0 aliphatic carbocycles. The molecule has 0 rings (SSSR count). The van der Waals surface area contributed by atoms with E-state index in [9.17, 15) is 38.7 Å². The van der Waals surface area contributed by atoms with Crippen LogP contribution in [0.25, 0.3) is 0 Å². The van der Waals surface area contributed by atoms with Gasteiger partial charge in [0.25, 0.3) is 15.6 Å². The Morgan fingerprint density at radius 2 is 0.955 bits per heavy atom. The predicted octanol–water partition coefficient (Wildman–Crippen LogP) is -4.07. The summed E-state index contributed by atoms with van der Waals surface area (Å²) in [5, 5.41) is 18.9. The fraction of sp³-hybridized carbons (Fsp3) is 0.500. The number of quaternary nitrogens is 4. The van der Waals surface area contributed by atoms with E-state index in [1.54, 1.807) is 0 Å². The molecule has 0 heterocycles. The lowest BCUT2D eigenvalue weighted by molar-refractivity contribution is -0.310. The van der Waals surface area contributed by atoms with E-state index >= 15 is 0 Å². The van der Waals surface area contributed by atoms with Gasteiger partial charge in [-0.1, -0.05) is 0 Å². The molecular weight excluding hydrogens is 358 g/mol. The molecule has 16 nitrogen and oxygen atoms in total. The van der Waals surface area contributed by atoms with E-state index in [0.29, 0.717) is 0 Å². The van der Waals surface area contributed by atoms with E-state index in [0.717, 1.165) is 0 Å². The van der Waals surface area contributed by atoms with E-state index < -0.39 is 40.8 Å². The first-order valence-corrected chi connectivity index (χ1v) is 6.59. The molecule has 0 aromatic heterocycles. The molecule has 0 amide bonds. The summed E-state index contributed by atoms with van der Waals surface area (Å²) in [6, 6.07) is 0. The highest BCUT2D eigenvalue weighted by Crippen LogP contribution is 2.29. The van der Waals surface area contributed by atoms with Crippen molar-refractivity contribution in [1.82, 2.24) is 24.6 Å². The third-order valence-electron chi connectivity index (χ3n) is 0.691. The summed E-state index contributed by atoms with van der Waals surface area (Å²) < 4.78 is 26.0. The molecule has 0 aromatic rings. The highest BCUT2D eigenvalue weighted by Gasteiger charge is 2.00. The van der Waals surface area contributed by atoms with Gasteiger partial charge in [0.2, 0.25) is 0 Å². The zero-order valence-corrected chi connectivity index (χ0v) is 14.1. The minimum Gasteiger partial charge on any atom is -0.756 e. The van der Waals surface area contributed by atoms with E-state index in [1.807, 2.05) is 0 Å². The van der Waals surface area contributed by atoms with Gasteiger partial charge in [-0.2, -0.15) is 0 Å². The number of aliphatic carboxylic acids is 2. The minimum absolute atomic E-state index is 0. The van der Waals surface area contributed by atoms with Gasteiger partial charge in [-0.15, -0.1) is 0 Å². The van der Waals surface area contributed by atoms with Gasteiger partial charge in [0.15, 0.2) is 0 Å². The highest BCUT2D eigenvalue weighted by molar-refractivity contribution is 7.45. The van der Waals surface area contributed by atoms with Crippen LogP contribution in [0.4, 0.5) is 0 Å². The van der Waals surface area contributed by atoms with Crippen molar-refractivity contribution in [3.05, 3.63) is 0 Å². The molecule has 2 atom stereocenters. The summed E-state index contributed by atoms with van der Waals surface area (Å²) in [6.45, 7) is -2.31. The van der Waals surface area contributed by atoms with Gasteiger partial charge in [-0.25, -0.2) is 0 Å². The summed E-state index contributed by atoms with van der Waals surface area (Å²) in [4.78, 5) is 53.6. The fourth-order valence-electron chi connectivity index (χ4n) is 0.269. The number of carboxylic acid groups (broad SMARTS) is 2. The van der Waals surface area contributed by atoms with Crippen LogP contribution in [-0.4, -0.2) is 34.9 Å². The average Bonchev–Trinajstić information content (AvgIpc) is 2.10. The number of carbonyl (C=O) groups excluding carboxylic acids is 2. The van der Waals surface area contributed by atoms with E-state index in [1.165, 1.54) is 0 Å². The highest BCUT2D eigenvalue weighted by atomic mass is 31.2. The number of phosphoric acid groups is 2. The van der Waals surface area contributed by atoms with Crippen molar-refractivity contribution < 1.29 is 57.6 Å². The topological polar surface area (TPSA) is 365 Å². The van der Waals surface area contributed by atoms with Crippen molar-refractivity contribution in [3.63, 3.8) is 0 Å². The number of carboxylic acids is 2. The predicted molar refractivity (Wildman–Crippen MR) is 65.5 cm³/mol. The van der Waals surface area contributed by atoms with Gasteiger partial charge >= 0.3 is 0 Å². The zero-order chi connectivity index (χ0) is 15.0. The van der Waals surface area contributed by atoms with Crippen LogP contribution in [-0.2, 0) is 27.8 Å². The summed E-state index contributed by atoms with van der Waals surface area (Å²) >= 11 is 0. The summed E-state index contributed by atoms with van der Waals surface area (Å²) in [5.41, 5.74) is 0. The second-order valence-electron chi connectivity index (χ2n) is 2.23. The van der Waals surface area contributed by atoms with Crippen molar-refractivity contribution in [3.8, 4) is 0 Å². The monoisotopic (exact) mass is 380 g/mol. The van der Waals surface area contributed by atoms with Gasteiger partial charge in [0.05, 0.1) is 25.2 Å². The van der Waals surface area contributed by atoms with Crippen LogP contribution >= 0.6 is 15.6 Å². The number of hydrogen-bond donors (Lipinski definition) is 6. The standard InChI is InChI=1S/2C2H5O6P.4H3N/c2*3-2(4)1-8-9(5,6)7;;;;/h2*1H2,(H,3,4)(H2,5,6,7);4*1H3. The van der Waals surface area contributed by atoms with Crippen LogP contribution < -0.4 is 44.6 Å². The Hall–Kier alpha value is -1.00. The molecule has 0 aliphatic rings. The number of phosphoric ester groups is 2. The smallest absolute Gasteiger partial charge is 0.265 e. The quantitative estimate of drug-likeness (QED) is 0.239. The van der Waals surface area contributed by atoms with Crippen LogP contribution in [0.15, 0.2) is 0 Å². The van der Waals surface area contributed by atoms with Gasteiger partial charge < -0.3 is 73.0 Å². The third-order valence-corrected chi connectivity index (χ3v) is 1.60. The second kappa shape index (κ2) is 16.4. The molecule has 0 saturated carbocycles. The Morgan fingerprint density at radius 3 is 1.00 bits per heavy atom. The zero-order valence-electron chi connectivity index (χ0n) is 12.3. The first-order valence-electron chi connectivity index (χ1n) is 3.60. The first kappa shape index (κ1) is 37.3. The summed E-state index contributed by atoms with van der Waals surface area (Å²) in [6.07, 6.45) is 0. The molecule has 22 heavy (non-hydrogen) atoms. The molecular formula is C4H22N4O12P2. The largest absolute Gasteiger partial charge is 0.756 e. The lowest BCUT2D eigenvalue weighted by Gasteiger charge is -2.14. The van der Waals surface area contributed by atoms with Gasteiger partial charge in [-0.05, 0) is 0 Å². The van der Waals surface area contributed by atoms with Crippen LogP contribution in [0, 0.1) is 0 Å². The molecule has 140 valence electrons. The lowest BCUT2D eigenvalue weighted by atomic mass is 10.8. The SMILES string of the molecule is O=C([O-])COP(=O)([O-])O.O=C([O-])COP(=O)([O-])O.[NH4+].[NH4+].[NH4+].[NH4+]. The van der Waals surface area contributed by atoms with Gasteiger partial charge in [0, 0.05) is 0 Å². The van der Waals surface area contributed by atoms with E-state index in [2.05, 4.69) is 9.05 Å². The third kappa shape index (κ3) is 50.9. The van der Waals surface area contributed by atoms with Crippen molar-refractivity contribution in [2.24, 2.45) is 0 Å². The number of carbonyl (C=O) groups is 2. The molecule has 0 radical (unpaired) electrons. The van der Waals surface area contributed by atoms with Crippen LogP contribution in [0.1, 0.15) is 0 Å². The fourth-order valence-corrected chi connectivity index (χ4v) is 0.806. The lowest BCUT2D eigenvalue weighted by Crippen LogP contribution is -2.27. The number of rotatable bonds is 6. The van der Waals surface area contributed by atoms with E-state index in [-0.39, 0.29) is 24.6 Å². The molecule has 2 unspecified atom stereocenters. The normalized spacial score (nSPS) is 13.6.